The average molecular weight is 449 g/mol. The summed E-state index contributed by atoms with van der Waals surface area (Å²) in [6.45, 7) is -0.347. The third-order valence-corrected chi connectivity index (χ3v) is 4.70. The lowest BCUT2D eigenvalue weighted by molar-refractivity contribution is -0.135. The van der Waals surface area contributed by atoms with E-state index in [1.54, 1.807) is 0 Å². The molecule has 2 aromatic carbocycles. The first-order valence-electron chi connectivity index (χ1n) is 8.62. The predicted octanol–water partition coefficient (Wildman–Crippen LogP) is 3.29. The molecule has 0 saturated carbocycles. The largest absolute Gasteiger partial charge is 0.486 e. The molecule has 1 aliphatic heterocycles. The zero-order valence-corrected chi connectivity index (χ0v) is 16.7. The molecule has 1 aliphatic rings. The van der Waals surface area contributed by atoms with Crippen LogP contribution in [0.5, 0.6) is 5.75 Å². The van der Waals surface area contributed by atoms with E-state index in [0.717, 1.165) is 42.1 Å². The van der Waals surface area contributed by atoms with Crippen LogP contribution in [-0.2, 0) is 20.9 Å². The van der Waals surface area contributed by atoms with Gasteiger partial charge in [-0.15, -0.1) is 5.10 Å². The molecule has 7 nitrogen and oxygen atoms in total. The van der Waals surface area contributed by atoms with Crippen molar-refractivity contribution in [3.8, 4) is 5.75 Å². The van der Waals surface area contributed by atoms with Gasteiger partial charge in [0, 0.05) is 11.6 Å². The number of hydrogen-bond acceptors (Lipinski definition) is 7. The van der Waals surface area contributed by atoms with E-state index in [0.29, 0.717) is 5.56 Å². The zero-order chi connectivity index (χ0) is 22.4. The van der Waals surface area contributed by atoms with Crippen molar-refractivity contribution in [2.45, 2.75) is 6.61 Å². The number of benzene rings is 2. The monoisotopic (exact) mass is 449 g/mol. The number of hydrogen-bond donors (Lipinski definition) is 1. The Bertz CT molecular complexity index is 1120. The first-order chi connectivity index (χ1) is 14.9. The highest BCUT2D eigenvalue weighted by atomic mass is 32.2. The van der Waals surface area contributed by atoms with Crippen LogP contribution in [0.25, 0.3) is 0 Å². The number of esters is 1. The first kappa shape index (κ1) is 22.1. The van der Waals surface area contributed by atoms with E-state index in [1.165, 1.54) is 25.5 Å². The number of thioether (sulfide) groups is 1. The second kappa shape index (κ2) is 9.94. The van der Waals surface area contributed by atoms with Crippen LogP contribution in [0.2, 0.25) is 0 Å². The van der Waals surface area contributed by atoms with Crippen LogP contribution in [0.3, 0.4) is 0 Å². The van der Waals surface area contributed by atoms with Crippen LogP contribution in [0, 0.1) is 17.5 Å². The summed E-state index contributed by atoms with van der Waals surface area (Å²) in [5.41, 5.74) is 0.295. The van der Waals surface area contributed by atoms with Gasteiger partial charge in [-0.2, -0.15) is 5.10 Å². The molecule has 1 heterocycles. The normalized spacial score (nSPS) is 16.2. The van der Waals surface area contributed by atoms with Crippen molar-refractivity contribution in [3.05, 3.63) is 76.0 Å². The van der Waals surface area contributed by atoms with Gasteiger partial charge in [-0.25, -0.2) is 18.0 Å². The molecule has 0 bridgehead atoms. The molecule has 0 atom stereocenters. The molecule has 0 aromatic heterocycles. The number of amides is 1. The second-order valence-corrected chi connectivity index (χ2v) is 6.98. The fourth-order valence-electron chi connectivity index (χ4n) is 2.31. The summed E-state index contributed by atoms with van der Waals surface area (Å²) in [6, 6.07) is 6.81. The van der Waals surface area contributed by atoms with Gasteiger partial charge in [-0.3, -0.25) is 10.1 Å². The lowest BCUT2D eigenvalue weighted by Gasteiger charge is -2.08. The van der Waals surface area contributed by atoms with Crippen LogP contribution < -0.4 is 10.1 Å². The molecule has 2 aromatic rings. The molecule has 1 saturated heterocycles. The molecule has 160 valence electrons. The van der Waals surface area contributed by atoms with E-state index in [1.807, 2.05) is 0 Å². The summed E-state index contributed by atoms with van der Waals surface area (Å²) >= 11 is 0.894. The van der Waals surface area contributed by atoms with Gasteiger partial charge in [0.25, 0.3) is 5.91 Å². The lowest BCUT2D eigenvalue weighted by atomic mass is 10.2. The van der Waals surface area contributed by atoms with Crippen molar-refractivity contribution in [1.29, 1.82) is 0 Å². The Kier molecular flexibility index (Phi) is 7.08. The van der Waals surface area contributed by atoms with Crippen LogP contribution in [0.1, 0.15) is 11.1 Å². The van der Waals surface area contributed by atoms with Gasteiger partial charge < -0.3 is 9.47 Å². The van der Waals surface area contributed by atoms with E-state index in [9.17, 15) is 22.8 Å². The van der Waals surface area contributed by atoms with Crippen molar-refractivity contribution in [2.24, 2.45) is 10.2 Å². The molecule has 0 aliphatic carbocycles. The number of methoxy groups -OCH3 is 1. The maximum absolute atomic E-state index is 14.2. The Morgan fingerprint density at radius 2 is 1.97 bits per heavy atom. The molecule has 3 rings (SSSR count). The third kappa shape index (κ3) is 5.95. The maximum Gasteiger partial charge on any atom is 0.331 e. The van der Waals surface area contributed by atoms with E-state index >= 15 is 0 Å². The van der Waals surface area contributed by atoms with Crippen LogP contribution >= 0.6 is 11.8 Å². The van der Waals surface area contributed by atoms with Crippen molar-refractivity contribution in [3.63, 3.8) is 0 Å². The molecular formula is C20H14F3N3O4S. The molecule has 1 fully saturated rings. The van der Waals surface area contributed by atoms with Crippen molar-refractivity contribution < 1.29 is 32.2 Å². The number of ether oxygens (including phenoxy) is 2. The number of carbonyl (C=O) groups excluding carboxylic acids is 2. The van der Waals surface area contributed by atoms with E-state index < -0.39 is 29.3 Å². The van der Waals surface area contributed by atoms with Gasteiger partial charge in [0.05, 0.1) is 18.2 Å². The van der Waals surface area contributed by atoms with Crippen LogP contribution in [-0.4, -0.2) is 30.4 Å². The summed E-state index contributed by atoms with van der Waals surface area (Å²) < 4.78 is 50.7. The SMILES string of the molecule is COC(=O)/C=C1/S/C(=N\N=Cc2ccc(OCc3cc(F)ccc3F)c(F)c2)NC1=O. The number of nitrogens with one attached hydrogen (secondary N) is 1. The third-order valence-electron chi connectivity index (χ3n) is 3.80. The zero-order valence-electron chi connectivity index (χ0n) is 15.9. The van der Waals surface area contributed by atoms with Crippen molar-refractivity contribution >= 4 is 35.0 Å². The molecule has 31 heavy (non-hydrogen) atoms. The Balaban J connectivity index is 1.62. The van der Waals surface area contributed by atoms with E-state index in [4.69, 9.17) is 4.74 Å². The average Bonchev–Trinajstić information content (AvgIpc) is 3.08. The molecule has 11 heteroatoms. The fraction of sp³-hybridized carbons (Fsp3) is 0.100. The number of halogens is 3. The maximum atomic E-state index is 14.2. The minimum absolute atomic E-state index is 0.0439. The minimum Gasteiger partial charge on any atom is -0.486 e. The van der Waals surface area contributed by atoms with Crippen LogP contribution in [0.15, 0.2) is 57.6 Å². The lowest BCUT2D eigenvalue weighted by Crippen LogP contribution is -2.19. The number of nitrogens with zero attached hydrogens (tertiary/aromatic N) is 2. The Hall–Kier alpha value is -3.60. The highest BCUT2D eigenvalue weighted by molar-refractivity contribution is 8.18. The summed E-state index contributed by atoms with van der Waals surface area (Å²) in [6.07, 6.45) is 2.26. The summed E-state index contributed by atoms with van der Waals surface area (Å²) in [4.78, 5) is 23.0. The smallest absolute Gasteiger partial charge is 0.331 e. The Morgan fingerprint density at radius 1 is 1.16 bits per heavy atom. The summed E-state index contributed by atoms with van der Waals surface area (Å²) in [5, 5.41) is 10.1. The van der Waals surface area contributed by atoms with Crippen molar-refractivity contribution in [1.82, 2.24) is 5.32 Å². The number of rotatable bonds is 6. The topological polar surface area (TPSA) is 89.3 Å². The molecular weight excluding hydrogens is 435 g/mol. The molecule has 0 spiro atoms. The van der Waals surface area contributed by atoms with Crippen LogP contribution in [0.4, 0.5) is 13.2 Å². The second-order valence-electron chi connectivity index (χ2n) is 5.95. The van der Waals surface area contributed by atoms with Gasteiger partial charge in [0.2, 0.25) is 0 Å². The van der Waals surface area contributed by atoms with Gasteiger partial charge in [0.1, 0.15) is 18.2 Å². The number of amidine groups is 1. The van der Waals surface area contributed by atoms with Gasteiger partial charge >= 0.3 is 5.97 Å². The quantitative estimate of drug-likeness (QED) is 0.316. The highest BCUT2D eigenvalue weighted by Crippen LogP contribution is 2.24. The highest BCUT2D eigenvalue weighted by Gasteiger charge is 2.25. The van der Waals surface area contributed by atoms with E-state index in [2.05, 4.69) is 20.3 Å². The summed E-state index contributed by atoms with van der Waals surface area (Å²) in [5.74, 6) is -3.38. The predicted molar refractivity (Wildman–Crippen MR) is 108 cm³/mol. The minimum atomic E-state index is -0.736. The molecule has 1 amide bonds. The fourth-order valence-corrected chi connectivity index (χ4v) is 3.05. The molecule has 1 N–H and O–H groups in total. The van der Waals surface area contributed by atoms with Crippen molar-refractivity contribution in [2.75, 3.05) is 7.11 Å². The molecule has 0 unspecified atom stereocenters. The van der Waals surface area contributed by atoms with Gasteiger partial charge in [-0.05, 0) is 53.7 Å². The Labute approximate surface area is 178 Å². The van der Waals surface area contributed by atoms with Gasteiger partial charge in [0.15, 0.2) is 16.7 Å². The van der Waals surface area contributed by atoms with E-state index in [-0.39, 0.29) is 28.0 Å². The number of carbonyl (C=O) groups is 2. The molecule has 0 radical (unpaired) electrons. The van der Waals surface area contributed by atoms with Gasteiger partial charge in [-0.1, -0.05) is 0 Å². The standard InChI is InChI=1S/C20H14F3N3O4S/c1-29-18(27)8-17-19(28)25-20(31-17)26-24-9-11-2-5-16(15(23)6-11)30-10-12-7-13(21)3-4-14(12)22/h2-9H,10H2,1H3,(H,25,26,28)/b17-8+,24-9?. The summed E-state index contributed by atoms with van der Waals surface area (Å²) in [7, 11) is 1.19. The first-order valence-corrected chi connectivity index (χ1v) is 9.43. The Morgan fingerprint density at radius 3 is 2.71 bits per heavy atom.